The van der Waals surface area contributed by atoms with Gasteiger partial charge in [0, 0.05) is 23.3 Å². The first-order chi connectivity index (χ1) is 9.46. The molecule has 1 fully saturated rings. The normalized spacial score (nSPS) is 23.7. The maximum Gasteiger partial charge on any atom is 0.137 e. The van der Waals surface area contributed by atoms with Crippen LogP contribution in [0.5, 0.6) is 5.75 Å². The van der Waals surface area contributed by atoms with Crippen molar-refractivity contribution in [3.05, 3.63) is 29.8 Å². The fourth-order valence-corrected chi connectivity index (χ4v) is 3.43. The van der Waals surface area contributed by atoms with E-state index in [9.17, 15) is 4.79 Å². The van der Waals surface area contributed by atoms with Gasteiger partial charge in [0.2, 0.25) is 0 Å². The highest BCUT2D eigenvalue weighted by Crippen LogP contribution is 2.43. The van der Waals surface area contributed by atoms with E-state index >= 15 is 0 Å². The van der Waals surface area contributed by atoms with E-state index in [-0.39, 0.29) is 11.3 Å². The number of hydrogen-bond donors (Lipinski definition) is 0. The minimum Gasteiger partial charge on any atom is -0.494 e. The number of carbonyl (C=O) groups excluding carboxylic acids is 1. The van der Waals surface area contributed by atoms with Gasteiger partial charge >= 0.3 is 0 Å². The summed E-state index contributed by atoms with van der Waals surface area (Å²) in [5.74, 6) is 1.99. The zero-order valence-corrected chi connectivity index (χ0v) is 13.1. The summed E-state index contributed by atoms with van der Waals surface area (Å²) in [6, 6.07) is 8.15. The Hall–Kier alpha value is -1.31. The third kappa shape index (κ3) is 2.89. The molecule has 1 aliphatic rings. The summed E-state index contributed by atoms with van der Waals surface area (Å²) in [6.45, 7) is 9.20. The van der Waals surface area contributed by atoms with E-state index in [0.29, 0.717) is 18.3 Å². The van der Waals surface area contributed by atoms with Crippen LogP contribution in [0, 0.1) is 11.8 Å². The van der Waals surface area contributed by atoms with Crippen molar-refractivity contribution < 1.29 is 9.53 Å². The summed E-state index contributed by atoms with van der Waals surface area (Å²) in [7, 11) is 0. The highest BCUT2D eigenvalue weighted by molar-refractivity contribution is 5.83. The number of ketones is 1. The first-order valence-electron chi connectivity index (χ1n) is 7.71. The first kappa shape index (κ1) is 15.1. The number of hydrogen-bond acceptors (Lipinski definition) is 2. The first-order valence-corrected chi connectivity index (χ1v) is 7.71. The van der Waals surface area contributed by atoms with Crippen LogP contribution in [0.4, 0.5) is 0 Å². The molecule has 0 saturated heterocycles. The van der Waals surface area contributed by atoms with Gasteiger partial charge in [-0.15, -0.1) is 0 Å². The molecule has 0 amide bonds. The fraction of sp³-hybridized carbons (Fsp3) is 0.611. The Balaban J connectivity index is 2.32. The van der Waals surface area contributed by atoms with Crippen molar-refractivity contribution in [3.63, 3.8) is 0 Å². The Morgan fingerprint density at radius 3 is 2.60 bits per heavy atom. The number of carbonyl (C=O) groups is 1. The van der Waals surface area contributed by atoms with Crippen molar-refractivity contribution in [1.29, 1.82) is 0 Å². The van der Waals surface area contributed by atoms with Crippen LogP contribution >= 0.6 is 0 Å². The van der Waals surface area contributed by atoms with Crippen molar-refractivity contribution in [1.82, 2.24) is 0 Å². The molecule has 0 aromatic heterocycles. The molecule has 0 bridgehead atoms. The molecule has 0 heterocycles. The molecule has 1 aromatic carbocycles. The number of ether oxygens (including phenoxy) is 1. The van der Waals surface area contributed by atoms with Crippen molar-refractivity contribution in [2.45, 2.75) is 52.4 Å². The zero-order chi connectivity index (χ0) is 14.8. The summed E-state index contributed by atoms with van der Waals surface area (Å²) in [5.41, 5.74) is 0.998. The van der Waals surface area contributed by atoms with E-state index < -0.39 is 0 Å². The van der Waals surface area contributed by atoms with Gasteiger partial charge in [-0.25, -0.2) is 0 Å². The second kappa shape index (κ2) is 5.99. The molecule has 0 aliphatic heterocycles. The van der Waals surface area contributed by atoms with Gasteiger partial charge in [-0.05, 0) is 31.7 Å². The molecule has 2 unspecified atom stereocenters. The predicted octanol–water partition coefficient (Wildman–Crippen LogP) is 4.37. The molecular formula is C18H26O2. The minimum absolute atomic E-state index is 0.111. The van der Waals surface area contributed by atoms with E-state index in [1.807, 2.05) is 25.1 Å². The van der Waals surface area contributed by atoms with Gasteiger partial charge in [0.25, 0.3) is 0 Å². The molecule has 110 valence electrons. The number of rotatable bonds is 4. The van der Waals surface area contributed by atoms with Crippen molar-refractivity contribution >= 4 is 5.78 Å². The molecule has 1 aliphatic carbocycles. The third-order valence-corrected chi connectivity index (χ3v) is 4.64. The van der Waals surface area contributed by atoms with Crippen LogP contribution in [0.3, 0.4) is 0 Å². The van der Waals surface area contributed by atoms with Crippen LogP contribution in [0.25, 0.3) is 0 Å². The summed E-state index contributed by atoms with van der Waals surface area (Å²) < 4.78 is 5.76. The minimum atomic E-state index is -0.164. The summed E-state index contributed by atoms with van der Waals surface area (Å²) >= 11 is 0. The lowest BCUT2D eigenvalue weighted by Gasteiger charge is -2.38. The van der Waals surface area contributed by atoms with E-state index in [1.54, 1.807) is 0 Å². The maximum absolute atomic E-state index is 12.5. The lowest BCUT2D eigenvalue weighted by atomic mass is 9.65. The highest BCUT2D eigenvalue weighted by Gasteiger charge is 2.40. The van der Waals surface area contributed by atoms with Crippen LogP contribution in [0.2, 0.25) is 0 Å². The molecule has 2 nitrogen and oxygen atoms in total. The Morgan fingerprint density at radius 2 is 1.95 bits per heavy atom. The average molecular weight is 274 g/mol. The van der Waals surface area contributed by atoms with E-state index in [4.69, 9.17) is 4.74 Å². The smallest absolute Gasteiger partial charge is 0.137 e. The molecule has 2 heteroatoms. The monoisotopic (exact) mass is 274 g/mol. The number of Topliss-reactive ketones (excluding diaryl/α,β-unsaturated/α-hetero) is 1. The van der Waals surface area contributed by atoms with Crippen molar-refractivity contribution in [3.8, 4) is 5.75 Å². The molecular weight excluding hydrogens is 248 g/mol. The van der Waals surface area contributed by atoms with Crippen LogP contribution < -0.4 is 4.74 Å². The van der Waals surface area contributed by atoms with E-state index in [2.05, 4.69) is 26.8 Å². The van der Waals surface area contributed by atoms with Crippen molar-refractivity contribution in [2.24, 2.45) is 11.8 Å². The number of benzene rings is 1. The van der Waals surface area contributed by atoms with E-state index in [0.717, 1.165) is 30.6 Å². The van der Waals surface area contributed by atoms with E-state index in [1.165, 1.54) is 0 Å². The van der Waals surface area contributed by atoms with Crippen LogP contribution in [0.15, 0.2) is 24.3 Å². The summed E-state index contributed by atoms with van der Waals surface area (Å²) in [4.78, 5) is 12.5. The molecule has 2 atom stereocenters. The van der Waals surface area contributed by atoms with Crippen LogP contribution in [0.1, 0.15) is 52.5 Å². The summed E-state index contributed by atoms with van der Waals surface area (Å²) in [6.07, 6.45) is 2.87. The quantitative estimate of drug-likeness (QED) is 0.815. The average Bonchev–Trinajstić information content (AvgIpc) is 2.39. The van der Waals surface area contributed by atoms with Gasteiger partial charge in [-0.1, -0.05) is 39.0 Å². The third-order valence-electron chi connectivity index (χ3n) is 4.64. The largest absolute Gasteiger partial charge is 0.494 e. The molecule has 20 heavy (non-hydrogen) atoms. The SMILES string of the molecule is CCOc1ccccc1C(C)(C)C1CCC(C)CC1=O. The fourth-order valence-electron chi connectivity index (χ4n) is 3.43. The second-order valence-electron chi connectivity index (χ2n) is 6.56. The molecule has 0 N–H and O–H groups in total. The highest BCUT2D eigenvalue weighted by atomic mass is 16.5. The molecule has 1 saturated carbocycles. The van der Waals surface area contributed by atoms with Gasteiger partial charge in [0.1, 0.15) is 11.5 Å². The zero-order valence-electron chi connectivity index (χ0n) is 13.1. The standard InChI is InChI=1S/C18H26O2/c1-5-20-17-9-7-6-8-15(17)18(3,4)14-11-10-13(2)12-16(14)19/h6-9,13-14H,5,10-12H2,1-4H3. The van der Waals surface area contributed by atoms with Gasteiger partial charge < -0.3 is 4.74 Å². The topological polar surface area (TPSA) is 26.3 Å². The maximum atomic E-state index is 12.5. The summed E-state index contributed by atoms with van der Waals surface area (Å²) in [5, 5.41) is 0. The van der Waals surface area contributed by atoms with Crippen LogP contribution in [-0.2, 0) is 10.2 Å². The number of para-hydroxylation sites is 1. The predicted molar refractivity (Wildman–Crippen MR) is 82.1 cm³/mol. The van der Waals surface area contributed by atoms with Gasteiger partial charge in [0.05, 0.1) is 6.61 Å². The van der Waals surface area contributed by atoms with Crippen LogP contribution in [-0.4, -0.2) is 12.4 Å². The molecule has 0 radical (unpaired) electrons. The Kier molecular flexibility index (Phi) is 4.52. The molecule has 1 aromatic rings. The molecule has 2 rings (SSSR count). The lowest BCUT2D eigenvalue weighted by Crippen LogP contribution is -2.38. The Morgan fingerprint density at radius 1 is 1.25 bits per heavy atom. The second-order valence-corrected chi connectivity index (χ2v) is 6.56. The molecule has 0 spiro atoms. The van der Waals surface area contributed by atoms with Gasteiger partial charge in [-0.3, -0.25) is 4.79 Å². The van der Waals surface area contributed by atoms with Gasteiger partial charge in [-0.2, -0.15) is 0 Å². The van der Waals surface area contributed by atoms with Gasteiger partial charge in [0.15, 0.2) is 0 Å². The Labute approximate surface area is 122 Å². The Bertz CT molecular complexity index is 476. The lowest BCUT2D eigenvalue weighted by molar-refractivity contribution is -0.128. The van der Waals surface area contributed by atoms with Crippen molar-refractivity contribution in [2.75, 3.05) is 6.61 Å².